The molecule has 0 bridgehead atoms. The Morgan fingerprint density at radius 3 is 2.50 bits per heavy atom. The van der Waals surface area contributed by atoms with Gasteiger partial charge in [0.1, 0.15) is 11.6 Å². The van der Waals surface area contributed by atoms with E-state index in [1.807, 2.05) is 41.2 Å². The van der Waals surface area contributed by atoms with E-state index in [2.05, 4.69) is 10.4 Å². The molecule has 0 aliphatic carbocycles. The van der Waals surface area contributed by atoms with Crippen molar-refractivity contribution < 1.29 is 13.9 Å². The van der Waals surface area contributed by atoms with Gasteiger partial charge in [0.15, 0.2) is 6.10 Å². The number of nitrogens with one attached hydrogen (secondary N) is 1. The second kappa shape index (κ2) is 8.29. The number of ether oxygens (including phenoxy) is 1. The molecule has 0 radical (unpaired) electrons. The third kappa shape index (κ3) is 4.92. The first-order chi connectivity index (χ1) is 12.6. The molecule has 3 rings (SSSR count). The summed E-state index contributed by atoms with van der Waals surface area (Å²) in [4.78, 5) is 12.1. The van der Waals surface area contributed by atoms with Gasteiger partial charge in [-0.1, -0.05) is 24.3 Å². The molecule has 0 unspecified atom stereocenters. The van der Waals surface area contributed by atoms with Crippen LogP contribution in [0.25, 0.3) is 0 Å². The summed E-state index contributed by atoms with van der Waals surface area (Å²) >= 11 is 0. The van der Waals surface area contributed by atoms with Crippen molar-refractivity contribution in [2.75, 3.05) is 0 Å². The van der Waals surface area contributed by atoms with Gasteiger partial charge < -0.3 is 10.1 Å². The van der Waals surface area contributed by atoms with E-state index in [1.165, 1.54) is 24.3 Å². The van der Waals surface area contributed by atoms with Crippen LogP contribution in [0.1, 0.15) is 18.1 Å². The second-order valence-electron chi connectivity index (χ2n) is 5.95. The molecule has 1 atom stereocenters. The fourth-order valence-electron chi connectivity index (χ4n) is 2.45. The molecule has 1 aromatic heterocycles. The lowest BCUT2D eigenvalue weighted by atomic mass is 10.1. The molecule has 0 aliphatic heterocycles. The number of carbonyl (C=O) groups excluding carboxylic acids is 1. The van der Waals surface area contributed by atoms with Crippen LogP contribution >= 0.6 is 0 Å². The highest BCUT2D eigenvalue weighted by molar-refractivity contribution is 5.80. The van der Waals surface area contributed by atoms with Crippen molar-refractivity contribution in [1.82, 2.24) is 15.1 Å². The number of nitrogens with zero attached hydrogens (tertiary/aromatic N) is 2. The van der Waals surface area contributed by atoms with Gasteiger partial charge in [-0.15, -0.1) is 0 Å². The molecule has 1 N–H and O–H groups in total. The molecule has 0 saturated heterocycles. The molecule has 5 nitrogen and oxygen atoms in total. The normalized spacial score (nSPS) is 11.8. The minimum Gasteiger partial charge on any atom is -0.481 e. The zero-order valence-electron chi connectivity index (χ0n) is 14.4. The Morgan fingerprint density at radius 1 is 1.15 bits per heavy atom. The number of carbonyl (C=O) groups is 1. The Balaban J connectivity index is 1.48. The van der Waals surface area contributed by atoms with Crippen molar-refractivity contribution in [2.45, 2.75) is 26.1 Å². The van der Waals surface area contributed by atoms with Gasteiger partial charge in [0.25, 0.3) is 5.91 Å². The molecule has 3 aromatic rings. The van der Waals surface area contributed by atoms with Crippen LogP contribution in [0, 0.1) is 5.82 Å². The number of hydrogen-bond acceptors (Lipinski definition) is 3. The van der Waals surface area contributed by atoms with Gasteiger partial charge in [0.05, 0.1) is 6.54 Å². The Labute approximate surface area is 151 Å². The largest absolute Gasteiger partial charge is 0.481 e. The predicted molar refractivity (Wildman–Crippen MR) is 96.1 cm³/mol. The molecule has 0 aliphatic rings. The first kappa shape index (κ1) is 17.7. The summed E-state index contributed by atoms with van der Waals surface area (Å²) < 4.78 is 20.2. The number of hydrogen-bond donors (Lipinski definition) is 1. The second-order valence-corrected chi connectivity index (χ2v) is 5.95. The van der Waals surface area contributed by atoms with Gasteiger partial charge in [-0.05, 0) is 48.4 Å². The SMILES string of the molecule is C[C@H](Oc1ccc(F)cc1)C(=O)NCc1ccc(Cn2cccn2)cc1. The van der Waals surface area contributed by atoms with Crippen LogP contribution in [0.15, 0.2) is 67.0 Å². The van der Waals surface area contributed by atoms with E-state index in [-0.39, 0.29) is 11.7 Å². The molecule has 0 fully saturated rings. The van der Waals surface area contributed by atoms with E-state index >= 15 is 0 Å². The van der Waals surface area contributed by atoms with E-state index in [9.17, 15) is 9.18 Å². The van der Waals surface area contributed by atoms with Gasteiger partial charge in [-0.2, -0.15) is 5.10 Å². The lowest BCUT2D eigenvalue weighted by Crippen LogP contribution is -2.35. The number of amides is 1. The minimum absolute atomic E-state index is 0.227. The summed E-state index contributed by atoms with van der Waals surface area (Å²) in [5.41, 5.74) is 2.13. The van der Waals surface area contributed by atoms with Crippen molar-refractivity contribution in [3.05, 3.63) is 83.9 Å². The first-order valence-electron chi connectivity index (χ1n) is 8.35. The number of halogens is 1. The van der Waals surface area contributed by atoms with Crippen LogP contribution in [0.3, 0.4) is 0 Å². The number of benzene rings is 2. The molecule has 26 heavy (non-hydrogen) atoms. The summed E-state index contributed by atoms with van der Waals surface area (Å²) in [6.45, 7) is 2.78. The Morgan fingerprint density at radius 2 is 1.85 bits per heavy atom. The smallest absolute Gasteiger partial charge is 0.261 e. The molecular formula is C20H20FN3O2. The standard InChI is InChI=1S/C20H20FN3O2/c1-15(26-19-9-7-18(21)8-10-19)20(25)22-13-16-3-5-17(6-4-16)14-24-12-2-11-23-24/h2-12,15H,13-14H2,1H3,(H,22,25)/t15-/m0/s1. The molecule has 1 heterocycles. The monoisotopic (exact) mass is 353 g/mol. The van der Waals surface area contributed by atoms with Crippen molar-refractivity contribution in [2.24, 2.45) is 0 Å². The van der Waals surface area contributed by atoms with E-state index < -0.39 is 6.10 Å². The molecule has 2 aromatic carbocycles. The van der Waals surface area contributed by atoms with Crippen LogP contribution in [-0.2, 0) is 17.9 Å². The summed E-state index contributed by atoms with van der Waals surface area (Å²) in [7, 11) is 0. The fraction of sp³-hybridized carbons (Fsp3) is 0.200. The van der Waals surface area contributed by atoms with Gasteiger partial charge >= 0.3 is 0 Å². The molecule has 0 saturated carbocycles. The highest BCUT2D eigenvalue weighted by Crippen LogP contribution is 2.13. The molecule has 0 spiro atoms. The van der Waals surface area contributed by atoms with Gasteiger partial charge in [-0.3, -0.25) is 9.48 Å². The average Bonchev–Trinajstić information content (AvgIpc) is 3.16. The predicted octanol–water partition coefficient (Wildman–Crippen LogP) is 3.15. The number of rotatable bonds is 7. The van der Waals surface area contributed by atoms with Gasteiger partial charge in [0, 0.05) is 18.9 Å². The molecule has 6 heteroatoms. The van der Waals surface area contributed by atoms with E-state index in [0.717, 1.165) is 11.1 Å². The Kier molecular flexibility index (Phi) is 5.63. The summed E-state index contributed by atoms with van der Waals surface area (Å²) in [6, 6.07) is 15.5. The van der Waals surface area contributed by atoms with E-state index in [4.69, 9.17) is 4.74 Å². The van der Waals surface area contributed by atoms with Crippen molar-refractivity contribution in [3.63, 3.8) is 0 Å². The fourth-order valence-corrected chi connectivity index (χ4v) is 2.45. The van der Waals surface area contributed by atoms with Crippen LogP contribution in [0.4, 0.5) is 4.39 Å². The summed E-state index contributed by atoms with van der Waals surface area (Å²) in [6.07, 6.45) is 3.00. The third-order valence-corrected chi connectivity index (χ3v) is 3.89. The van der Waals surface area contributed by atoms with Gasteiger partial charge in [0.2, 0.25) is 0 Å². The minimum atomic E-state index is -0.667. The van der Waals surface area contributed by atoms with Crippen LogP contribution in [0.2, 0.25) is 0 Å². The Bertz CT molecular complexity index is 831. The molecular weight excluding hydrogens is 333 g/mol. The van der Waals surface area contributed by atoms with Gasteiger partial charge in [-0.25, -0.2) is 4.39 Å². The van der Waals surface area contributed by atoms with Crippen molar-refractivity contribution in [1.29, 1.82) is 0 Å². The summed E-state index contributed by atoms with van der Waals surface area (Å²) in [5, 5.41) is 7.02. The maximum Gasteiger partial charge on any atom is 0.261 e. The molecule has 134 valence electrons. The highest BCUT2D eigenvalue weighted by Gasteiger charge is 2.14. The highest BCUT2D eigenvalue weighted by atomic mass is 19.1. The van der Waals surface area contributed by atoms with E-state index in [1.54, 1.807) is 13.1 Å². The van der Waals surface area contributed by atoms with Crippen molar-refractivity contribution in [3.8, 4) is 5.75 Å². The summed E-state index contributed by atoms with van der Waals surface area (Å²) in [5.74, 6) is -0.113. The topological polar surface area (TPSA) is 56.1 Å². The zero-order valence-corrected chi connectivity index (χ0v) is 14.4. The quantitative estimate of drug-likeness (QED) is 0.710. The lowest BCUT2D eigenvalue weighted by molar-refractivity contribution is -0.127. The Hall–Kier alpha value is -3.15. The molecule has 1 amide bonds. The van der Waals surface area contributed by atoms with E-state index in [0.29, 0.717) is 18.8 Å². The lowest BCUT2D eigenvalue weighted by Gasteiger charge is -2.15. The van der Waals surface area contributed by atoms with Crippen LogP contribution < -0.4 is 10.1 Å². The zero-order chi connectivity index (χ0) is 18.4. The van der Waals surface area contributed by atoms with Crippen LogP contribution in [-0.4, -0.2) is 21.8 Å². The maximum absolute atomic E-state index is 12.9. The number of aromatic nitrogens is 2. The average molecular weight is 353 g/mol. The third-order valence-electron chi connectivity index (χ3n) is 3.89. The first-order valence-corrected chi connectivity index (χ1v) is 8.35. The van der Waals surface area contributed by atoms with Crippen LogP contribution in [0.5, 0.6) is 5.75 Å². The van der Waals surface area contributed by atoms with Crippen molar-refractivity contribution >= 4 is 5.91 Å². The maximum atomic E-state index is 12.9.